The molecule has 5 heteroatoms. The van der Waals surface area contributed by atoms with Crippen LogP contribution in [0.25, 0.3) is 0 Å². The van der Waals surface area contributed by atoms with Gasteiger partial charge in [-0.25, -0.2) is 4.39 Å². The highest BCUT2D eigenvalue weighted by Gasteiger charge is 2.21. The number of carbonyl (C=O) groups is 1. The van der Waals surface area contributed by atoms with Crippen LogP contribution in [0, 0.1) is 19.7 Å². The third-order valence-corrected chi connectivity index (χ3v) is 6.08. The predicted molar refractivity (Wildman–Crippen MR) is 112 cm³/mol. The van der Waals surface area contributed by atoms with Gasteiger partial charge in [0.2, 0.25) is 0 Å². The van der Waals surface area contributed by atoms with Crippen LogP contribution in [0.1, 0.15) is 51.0 Å². The highest BCUT2D eigenvalue weighted by molar-refractivity contribution is 5.79. The van der Waals surface area contributed by atoms with E-state index >= 15 is 0 Å². The molecule has 0 amide bonds. The number of benzene rings is 2. The smallest absolute Gasteiger partial charge is 0.165 e. The second-order valence-electron chi connectivity index (χ2n) is 7.90. The van der Waals surface area contributed by atoms with Crippen molar-refractivity contribution in [3.8, 4) is 5.75 Å². The average Bonchev–Trinajstić information content (AvgIpc) is 2.74. The summed E-state index contributed by atoms with van der Waals surface area (Å²) < 4.78 is 24.7. The van der Waals surface area contributed by atoms with Crippen molar-refractivity contribution in [3.63, 3.8) is 0 Å². The van der Waals surface area contributed by atoms with E-state index in [2.05, 4.69) is 25.8 Å². The molecule has 0 spiro atoms. The van der Waals surface area contributed by atoms with Crippen molar-refractivity contribution in [2.75, 3.05) is 27.4 Å². The summed E-state index contributed by atoms with van der Waals surface area (Å²) in [6.45, 7) is 6.44. The Kier molecular flexibility index (Phi) is 7.04. The van der Waals surface area contributed by atoms with Crippen molar-refractivity contribution < 1.29 is 18.7 Å². The van der Waals surface area contributed by atoms with E-state index in [9.17, 15) is 9.18 Å². The van der Waals surface area contributed by atoms with E-state index in [4.69, 9.17) is 9.47 Å². The van der Waals surface area contributed by atoms with Crippen molar-refractivity contribution in [3.05, 3.63) is 63.5 Å². The summed E-state index contributed by atoms with van der Waals surface area (Å²) in [5, 5.41) is 0. The molecule has 0 aliphatic carbocycles. The minimum atomic E-state index is -0.372. The largest absolute Gasteiger partial charge is 0.494 e. The Bertz CT molecular complexity index is 875. The van der Waals surface area contributed by atoms with Gasteiger partial charge >= 0.3 is 0 Å². The fourth-order valence-electron chi connectivity index (χ4n) is 4.05. The van der Waals surface area contributed by atoms with Crippen LogP contribution in [0.3, 0.4) is 0 Å². The first-order chi connectivity index (χ1) is 13.9. The molecule has 1 aliphatic heterocycles. The van der Waals surface area contributed by atoms with Gasteiger partial charge in [0, 0.05) is 24.8 Å². The first kappa shape index (κ1) is 21.5. The van der Waals surface area contributed by atoms with Gasteiger partial charge in [-0.05, 0) is 86.2 Å². The van der Waals surface area contributed by atoms with Gasteiger partial charge in [-0.3, -0.25) is 9.69 Å². The van der Waals surface area contributed by atoms with Crippen LogP contribution in [-0.4, -0.2) is 44.6 Å². The number of rotatable bonds is 7. The molecule has 3 rings (SSSR count). The van der Waals surface area contributed by atoms with Gasteiger partial charge in [0.05, 0.1) is 13.7 Å². The molecule has 0 aromatic heterocycles. The normalized spacial score (nSPS) is 16.8. The average molecular weight is 400 g/mol. The van der Waals surface area contributed by atoms with E-state index in [1.807, 2.05) is 12.1 Å². The number of nitrogens with zero attached hydrogens (tertiary/aromatic N) is 1. The molecule has 1 unspecified atom stereocenters. The zero-order valence-corrected chi connectivity index (χ0v) is 17.8. The quantitative estimate of drug-likeness (QED) is 0.644. The van der Waals surface area contributed by atoms with Crippen molar-refractivity contribution in [2.45, 2.75) is 45.7 Å². The maximum atomic E-state index is 14.1. The Morgan fingerprint density at radius 3 is 2.69 bits per heavy atom. The second-order valence-corrected chi connectivity index (χ2v) is 7.90. The number of hydrogen-bond donors (Lipinski definition) is 0. The third-order valence-electron chi connectivity index (χ3n) is 6.08. The van der Waals surface area contributed by atoms with Crippen molar-refractivity contribution in [1.29, 1.82) is 0 Å². The fraction of sp³-hybridized carbons (Fsp3) is 0.458. The number of hydrogen-bond acceptors (Lipinski definition) is 4. The summed E-state index contributed by atoms with van der Waals surface area (Å²) >= 11 is 0. The van der Waals surface area contributed by atoms with Crippen LogP contribution in [-0.2, 0) is 17.7 Å². The van der Waals surface area contributed by atoms with Crippen molar-refractivity contribution in [1.82, 2.24) is 4.90 Å². The second kappa shape index (κ2) is 9.51. The summed E-state index contributed by atoms with van der Waals surface area (Å²) in [6.07, 6.45) is 3.70. The molecular formula is C24H30FNO3. The number of ether oxygens (including phenoxy) is 2. The molecule has 1 heterocycles. The van der Waals surface area contributed by atoms with E-state index in [1.54, 1.807) is 6.07 Å². The summed E-state index contributed by atoms with van der Waals surface area (Å²) in [7, 11) is 3.55. The number of carbonyl (C=O) groups excluding carboxylic acids is 1. The van der Waals surface area contributed by atoms with E-state index in [1.165, 1.54) is 13.2 Å². The van der Waals surface area contributed by atoms with Gasteiger partial charge in [0.25, 0.3) is 0 Å². The Labute approximate surface area is 172 Å². The van der Waals surface area contributed by atoms with Crippen LogP contribution in [0.15, 0.2) is 24.3 Å². The van der Waals surface area contributed by atoms with Crippen LogP contribution < -0.4 is 4.74 Å². The van der Waals surface area contributed by atoms with Crippen LogP contribution >= 0.6 is 0 Å². The molecule has 1 fully saturated rings. The summed E-state index contributed by atoms with van der Waals surface area (Å²) in [4.78, 5) is 14.2. The molecule has 2 aromatic carbocycles. The fourth-order valence-corrected chi connectivity index (χ4v) is 4.05. The molecule has 1 atom stereocenters. The van der Waals surface area contributed by atoms with Crippen molar-refractivity contribution >= 4 is 6.29 Å². The van der Waals surface area contributed by atoms with E-state index in [0.29, 0.717) is 24.6 Å². The standard InChI is InChI=1S/C24H30FNO3/c1-16-17(2)22(13-26(3)21-6-5-9-29-15-21)20(14-27)12-19(16)10-18-7-8-24(28-4)23(25)11-18/h7-8,11-12,14,21H,5-6,9-10,13,15H2,1-4H3. The number of methoxy groups -OCH3 is 1. The number of halogens is 1. The van der Waals surface area contributed by atoms with Gasteiger partial charge in [-0.2, -0.15) is 0 Å². The first-order valence-electron chi connectivity index (χ1n) is 10.1. The van der Waals surface area contributed by atoms with Gasteiger partial charge in [-0.15, -0.1) is 0 Å². The minimum Gasteiger partial charge on any atom is -0.494 e. The molecule has 29 heavy (non-hydrogen) atoms. The number of aldehydes is 1. The maximum absolute atomic E-state index is 14.1. The lowest BCUT2D eigenvalue weighted by atomic mass is 9.90. The summed E-state index contributed by atoms with van der Waals surface area (Å²) in [5.74, 6) is -0.136. The molecule has 1 aliphatic rings. The molecule has 2 aromatic rings. The molecule has 0 radical (unpaired) electrons. The summed E-state index contributed by atoms with van der Waals surface area (Å²) in [5.41, 5.74) is 5.95. The maximum Gasteiger partial charge on any atom is 0.165 e. The Morgan fingerprint density at radius 2 is 2.07 bits per heavy atom. The third kappa shape index (κ3) is 4.85. The van der Waals surface area contributed by atoms with E-state index in [-0.39, 0.29) is 11.6 Å². The summed E-state index contributed by atoms with van der Waals surface area (Å²) in [6, 6.07) is 7.34. The van der Waals surface area contributed by atoms with Crippen molar-refractivity contribution in [2.24, 2.45) is 0 Å². The molecular weight excluding hydrogens is 369 g/mol. The number of likely N-dealkylation sites (N-methyl/N-ethyl adjacent to an activating group) is 1. The van der Waals surface area contributed by atoms with Gasteiger partial charge in [0.15, 0.2) is 11.6 Å². The highest BCUT2D eigenvalue weighted by Crippen LogP contribution is 2.27. The predicted octanol–water partition coefficient (Wildman–Crippen LogP) is 4.47. The molecule has 4 nitrogen and oxygen atoms in total. The molecule has 0 N–H and O–H groups in total. The Morgan fingerprint density at radius 1 is 1.28 bits per heavy atom. The van der Waals surface area contributed by atoms with Gasteiger partial charge in [-0.1, -0.05) is 6.07 Å². The molecule has 1 saturated heterocycles. The lowest BCUT2D eigenvalue weighted by Gasteiger charge is -2.32. The van der Waals surface area contributed by atoms with Crippen LogP contribution in [0.5, 0.6) is 5.75 Å². The van der Waals surface area contributed by atoms with Gasteiger partial charge in [0.1, 0.15) is 6.29 Å². The van der Waals surface area contributed by atoms with Gasteiger partial charge < -0.3 is 9.47 Å². The zero-order chi connectivity index (χ0) is 21.0. The highest BCUT2D eigenvalue weighted by atomic mass is 19.1. The molecule has 156 valence electrons. The lowest BCUT2D eigenvalue weighted by molar-refractivity contribution is 0.0249. The SMILES string of the molecule is COc1ccc(Cc2cc(C=O)c(CN(C)C3CCCOC3)c(C)c2C)cc1F. The Hall–Kier alpha value is -2.24. The minimum absolute atomic E-state index is 0.236. The van der Waals surface area contributed by atoms with E-state index < -0.39 is 0 Å². The van der Waals surface area contributed by atoms with E-state index in [0.717, 1.165) is 60.2 Å². The Balaban J connectivity index is 1.86. The molecule has 0 bridgehead atoms. The zero-order valence-electron chi connectivity index (χ0n) is 17.8. The topological polar surface area (TPSA) is 38.8 Å². The van der Waals surface area contributed by atoms with Crippen LogP contribution in [0.2, 0.25) is 0 Å². The molecule has 0 saturated carbocycles. The van der Waals surface area contributed by atoms with Crippen LogP contribution in [0.4, 0.5) is 4.39 Å². The first-order valence-corrected chi connectivity index (χ1v) is 10.1. The monoisotopic (exact) mass is 399 g/mol. The lowest BCUT2D eigenvalue weighted by Crippen LogP contribution is -2.38.